The lowest BCUT2D eigenvalue weighted by atomic mass is 10.1. The van der Waals surface area contributed by atoms with Gasteiger partial charge in [-0.2, -0.15) is 5.10 Å². The van der Waals surface area contributed by atoms with Crippen molar-refractivity contribution in [2.45, 2.75) is 26.4 Å². The second-order valence-corrected chi connectivity index (χ2v) is 7.09. The lowest BCUT2D eigenvalue weighted by Gasteiger charge is -2.15. The quantitative estimate of drug-likeness (QED) is 0.532. The van der Waals surface area contributed by atoms with E-state index >= 15 is 0 Å². The molecule has 4 rings (SSSR count). The lowest BCUT2D eigenvalue weighted by molar-refractivity contribution is -0.122. The number of amides is 1. The zero-order valence-electron chi connectivity index (χ0n) is 16.6. The summed E-state index contributed by atoms with van der Waals surface area (Å²) in [6.07, 6.45) is 1.71. The Kier molecular flexibility index (Phi) is 5.05. The number of aromatic nitrogens is 4. The third-order valence-corrected chi connectivity index (χ3v) is 5.08. The number of carbonyl (C=O) groups is 1. The number of carbonyl (C=O) groups excluding carboxylic acids is 1. The normalized spacial score (nSPS) is 12.1. The van der Waals surface area contributed by atoms with Crippen molar-refractivity contribution in [3.05, 3.63) is 92.9 Å². The zero-order valence-corrected chi connectivity index (χ0v) is 16.6. The van der Waals surface area contributed by atoms with Gasteiger partial charge in [0, 0.05) is 11.3 Å². The van der Waals surface area contributed by atoms with Crippen molar-refractivity contribution < 1.29 is 4.79 Å². The molecule has 152 valence electrons. The monoisotopic (exact) mass is 403 g/mol. The Bertz CT molecular complexity index is 1330. The van der Waals surface area contributed by atoms with Crippen LogP contribution in [0.2, 0.25) is 0 Å². The number of fused-ring (bicyclic) bond motifs is 1. The first-order valence-electron chi connectivity index (χ1n) is 9.57. The summed E-state index contributed by atoms with van der Waals surface area (Å²) in [6, 6.07) is 16.1. The van der Waals surface area contributed by atoms with Crippen molar-refractivity contribution in [2.75, 3.05) is 0 Å². The first-order chi connectivity index (χ1) is 14.5. The Labute approximate surface area is 171 Å². The molecule has 1 atom stereocenters. The summed E-state index contributed by atoms with van der Waals surface area (Å²) < 4.78 is 2.71. The van der Waals surface area contributed by atoms with E-state index < -0.39 is 17.2 Å². The number of hydrogen-bond acceptors (Lipinski definition) is 4. The van der Waals surface area contributed by atoms with Gasteiger partial charge in [-0.15, -0.1) is 0 Å². The summed E-state index contributed by atoms with van der Waals surface area (Å²) in [6.45, 7) is 3.40. The van der Waals surface area contributed by atoms with E-state index in [2.05, 4.69) is 15.4 Å². The van der Waals surface area contributed by atoms with Crippen molar-refractivity contribution >= 4 is 16.8 Å². The molecular formula is C22H21N5O3. The van der Waals surface area contributed by atoms with Crippen LogP contribution in [0.25, 0.3) is 16.6 Å². The Morgan fingerprint density at radius 2 is 1.80 bits per heavy atom. The lowest BCUT2D eigenvalue weighted by Crippen LogP contribution is -2.41. The molecular weight excluding hydrogens is 382 g/mol. The summed E-state index contributed by atoms with van der Waals surface area (Å²) in [5.74, 6) is -0.433. The van der Waals surface area contributed by atoms with E-state index in [1.54, 1.807) is 35.1 Å². The topological polar surface area (TPSA) is 102 Å². The fourth-order valence-electron chi connectivity index (χ4n) is 3.53. The van der Waals surface area contributed by atoms with Crippen LogP contribution in [0.1, 0.15) is 24.2 Å². The van der Waals surface area contributed by atoms with Gasteiger partial charge in [0.2, 0.25) is 5.91 Å². The Hall–Kier alpha value is -3.94. The van der Waals surface area contributed by atoms with E-state index in [4.69, 9.17) is 0 Å². The van der Waals surface area contributed by atoms with Crippen molar-refractivity contribution in [3.8, 4) is 5.69 Å². The van der Waals surface area contributed by atoms with E-state index in [1.807, 2.05) is 44.2 Å². The molecule has 0 radical (unpaired) electrons. The van der Waals surface area contributed by atoms with Gasteiger partial charge in [0.15, 0.2) is 0 Å². The standard InChI is InChI=1S/C22H21N5O3/c1-14(18-12-23-27(15(18)2)16-8-4-3-5-9-16)24-20(28)13-26-21(29)17-10-6-7-11-19(17)25-22(26)30/h3-12,14H,13H2,1-2H3,(H,24,28)(H,25,30). The number of nitrogens with one attached hydrogen (secondary N) is 2. The third-order valence-electron chi connectivity index (χ3n) is 5.08. The average Bonchev–Trinajstić information content (AvgIpc) is 3.13. The summed E-state index contributed by atoms with van der Waals surface area (Å²) in [5.41, 5.74) is 2.01. The average molecular weight is 403 g/mol. The molecule has 8 heteroatoms. The van der Waals surface area contributed by atoms with Gasteiger partial charge in [-0.05, 0) is 38.1 Å². The van der Waals surface area contributed by atoms with Gasteiger partial charge in [-0.1, -0.05) is 30.3 Å². The summed E-state index contributed by atoms with van der Waals surface area (Å²) in [4.78, 5) is 40.1. The Balaban J connectivity index is 1.54. The predicted molar refractivity (Wildman–Crippen MR) is 114 cm³/mol. The molecule has 0 aliphatic heterocycles. The number of benzene rings is 2. The first kappa shape index (κ1) is 19.4. The molecule has 0 aliphatic rings. The summed E-state index contributed by atoms with van der Waals surface area (Å²) in [7, 11) is 0. The maximum absolute atomic E-state index is 12.6. The maximum atomic E-state index is 12.6. The molecule has 4 aromatic rings. The molecule has 0 aliphatic carbocycles. The van der Waals surface area contributed by atoms with Gasteiger partial charge in [-0.3, -0.25) is 14.2 Å². The molecule has 1 unspecified atom stereocenters. The highest BCUT2D eigenvalue weighted by Crippen LogP contribution is 2.20. The van der Waals surface area contributed by atoms with E-state index in [1.165, 1.54) is 0 Å². The van der Waals surface area contributed by atoms with Crippen LogP contribution in [-0.4, -0.2) is 25.2 Å². The van der Waals surface area contributed by atoms with Crippen molar-refractivity contribution in [3.63, 3.8) is 0 Å². The van der Waals surface area contributed by atoms with Gasteiger partial charge in [-0.25, -0.2) is 9.48 Å². The molecule has 0 saturated carbocycles. The molecule has 2 heterocycles. The molecule has 8 nitrogen and oxygen atoms in total. The molecule has 0 fully saturated rings. The molecule has 2 N–H and O–H groups in total. The van der Waals surface area contributed by atoms with Crippen LogP contribution in [-0.2, 0) is 11.3 Å². The SMILES string of the molecule is Cc1c(C(C)NC(=O)Cn2c(=O)[nH]c3ccccc3c2=O)cnn1-c1ccccc1. The second-order valence-electron chi connectivity index (χ2n) is 7.09. The van der Waals surface area contributed by atoms with Crippen LogP contribution in [0, 0.1) is 6.92 Å². The highest BCUT2D eigenvalue weighted by Gasteiger charge is 2.18. The second kappa shape index (κ2) is 7.82. The Morgan fingerprint density at radius 3 is 2.57 bits per heavy atom. The minimum Gasteiger partial charge on any atom is -0.348 e. The van der Waals surface area contributed by atoms with Crippen LogP contribution >= 0.6 is 0 Å². The minimum atomic E-state index is -0.616. The number of hydrogen-bond donors (Lipinski definition) is 2. The molecule has 2 aromatic heterocycles. The number of rotatable bonds is 5. The number of aromatic amines is 1. The van der Waals surface area contributed by atoms with Crippen LogP contribution < -0.4 is 16.6 Å². The van der Waals surface area contributed by atoms with E-state index in [9.17, 15) is 14.4 Å². The molecule has 1 amide bonds. The smallest absolute Gasteiger partial charge is 0.329 e. The van der Waals surface area contributed by atoms with Gasteiger partial charge in [0.1, 0.15) is 6.54 Å². The fraction of sp³-hybridized carbons (Fsp3) is 0.182. The summed E-state index contributed by atoms with van der Waals surface area (Å²) >= 11 is 0. The highest BCUT2D eigenvalue weighted by molar-refractivity contribution is 5.79. The summed E-state index contributed by atoms with van der Waals surface area (Å²) in [5, 5.41) is 7.62. The van der Waals surface area contributed by atoms with Gasteiger partial charge in [0.25, 0.3) is 5.56 Å². The van der Waals surface area contributed by atoms with E-state index in [-0.39, 0.29) is 12.6 Å². The van der Waals surface area contributed by atoms with Gasteiger partial charge < -0.3 is 10.3 Å². The Morgan fingerprint density at radius 1 is 1.10 bits per heavy atom. The molecule has 0 saturated heterocycles. The molecule has 2 aromatic carbocycles. The number of nitrogens with zero attached hydrogens (tertiary/aromatic N) is 3. The van der Waals surface area contributed by atoms with Gasteiger partial charge >= 0.3 is 5.69 Å². The highest BCUT2D eigenvalue weighted by atomic mass is 16.2. The zero-order chi connectivity index (χ0) is 21.3. The van der Waals surface area contributed by atoms with Crippen molar-refractivity contribution in [2.24, 2.45) is 0 Å². The third kappa shape index (κ3) is 3.55. The van der Waals surface area contributed by atoms with E-state index in [0.717, 1.165) is 21.5 Å². The maximum Gasteiger partial charge on any atom is 0.329 e. The number of H-pyrrole nitrogens is 1. The molecule has 0 spiro atoms. The van der Waals surface area contributed by atoms with Crippen LogP contribution in [0.3, 0.4) is 0 Å². The molecule has 30 heavy (non-hydrogen) atoms. The van der Waals surface area contributed by atoms with Crippen LogP contribution in [0.4, 0.5) is 0 Å². The van der Waals surface area contributed by atoms with Crippen molar-refractivity contribution in [1.29, 1.82) is 0 Å². The van der Waals surface area contributed by atoms with Gasteiger partial charge in [0.05, 0.1) is 28.8 Å². The fourth-order valence-corrected chi connectivity index (χ4v) is 3.53. The first-order valence-corrected chi connectivity index (χ1v) is 9.57. The number of para-hydroxylation sites is 2. The van der Waals surface area contributed by atoms with Crippen LogP contribution in [0.5, 0.6) is 0 Å². The minimum absolute atomic E-state index is 0.342. The predicted octanol–water partition coefficient (Wildman–Crippen LogP) is 2.06. The van der Waals surface area contributed by atoms with Crippen LogP contribution in [0.15, 0.2) is 70.4 Å². The van der Waals surface area contributed by atoms with E-state index in [0.29, 0.717) is 10.9 Å². The largest absolute Gasteiger partial charge is 0.348 e. The molecule has 0 bridgehead atoms. The van der Waals surface area contributed by atoms with Crippen molar-refractivity contribution in [1.82, 2.24) is 24.6 Å².